The molecular formula is C11H12ClN. The van der Waals surface area contributed by atoms with Crippen LogP contribution in [0.4, 0.5) is 0 Å². The van der Waals surface area contributed by atoms with Crippen molar-refractivity contribution in [1.29, 1.82) is 0 Å². The van der Waals surface area contributed by atoms with Crippen LogP contribution in [0.1, 0.15) is 30.9 Å². The molecule has 0 radical (unpaired) electrons. The van der Waals surface area contributed by atoms with Crippen molar-refractivity contribution in [3.05, 3.63) is 34.9 Å². The van der Waals surface area contributed by atoms with Crippen molar-refractivity contribution in [2.75, 3.05) is 0 Å². The zero-order valence-electron chi connectivity index (χ0n) is 7.41. The van der Waals surface area contributed by atoms with Crippen LogP contribution < -0.4 is 0 Å². The van der Waals surface area contributed by atoms with Crippen LogP contribution in [0, 0.1) is 0 Å². The maximum atomic E-state index is 5.91. The van der Waals surface area contributed by atoms with E-state index < -0.39 is 0 Å². The molecule has 0 fully saturated rings. The third-order valence-corrected chi connectivity index (χ3v) is 2.56. The van der Waals surface area contributed by atoms with E-state index in [2.05, 4.69) is 11.1 Å². The summed E-state index contributed by atoms with van der Waals surface area (Å²) in [5, 5.41) is 0.804. The van der Waals surface area contributed by atoms with Crippen molar-refractivity contribution < 1.29 is 0 Å². The van der Waals surface area contributed by atoms with E-state index >= 15 is 0 Å². The second-order valence-electron chi connectivity index (χ2n) is 3.33. The lowest BCUT2D eigenvalue weighted by atomic mass is 10.00. The Balaban J connectivity index is 2.24. The number of rotatable bonds is 1. The summed E-state index contributed by atoms with van der Waals surface area (Å²) in [5.74, 6) is 0. The van der Waals surface area contributed by atoms with E-state index in [1.54, 1.807) is 0 Å². The van der Waals surface area contributed by atoms with Crippen molar-refractivity contribution in [3.63, 3.8) is 0 Å². The first kappa shape index (κ1) is 8.76. The van der Waals surface area contributed by atoms with Crippen LogP contribution in [0.15, 0.2) is 29.3 Å². The maximum Gasteiger partial charge on any atom is 0.0745 e. The smallest absolute Gasteiger partial charge is 0.0745 e. The third-order valence-electron chi connectivity index (χ3n) is 2.33. The van der Waals surface area contributed by atoms with E-state index in [4.69, 9.17) is 11.6 Å². The van der Waals surface area contributed by atoms with Gasteiger partial charge in [0.25, 0.3) is 0 Å². The molecule has 1 aromatic carbocycles. The highest BCUT2D eigenvalue weighted by Gasteiger charge is 2.11. The zero-order chi connectivity index (χ0) is 9.10. The summed E-state index contributed by atoms with van der Waals surface area (Å²) < 4.78 is 0. The number of benzene rings is 1. The topological polar surface area (TPSA) is 12.4 Å². The lowest BCUT2D eigenvalue weighted by Crippen LogP contribution is -2.01. The Morgan fingerprint density at radius 3 is 3.00 bits per heavy atom. The minimum absolute atomic E-state index is 0.340. The third kappa shape index (κ3) is 2.10. The molecule has 1 aliphatic rings. The number of hydrogen-bond acceptors (Lipinski definition) is 1. The van der Waals surface area contributed by atoms with Crippen LogP contribution in [0.25, 0.3) is 0 Å². The number of halogens is 1. The molecule has 1 heterocycles. The monoisotopic (exact) mass is 193 g/mol. The summed E-state index contributed by atoms with van der Waals surface area (Å²) in [6.45, 7) is 0. The molecular weight excluding hydrogens is 182 g/mol. The summed E-state index contributed by atoms with van der Waals surface area (Å²) in [6, 6.07) is 8.33. The maximum absolute atomic E-state index is 5.91. The molecule has 0 saturated carbocycles. The molecule has 0 spiro atoms. The van der Waals surface area contributed by atoms with Gasteiger partial charge in [0.2, 0.25) is 0 Å². The fourth-order valence-corrected chi connectivity index (χ4v) is 1.84. The van der Waals surface area contributed by atoms with Gasteiger partial charge in [-0.15, -0.1) is 0 Å². The molecule has 2 heteroatoms. The van der Waals surface area contributed by atoms with Gasteiger partial charge in [-0.1, -0.05) is 23.7 Å². The Labute approximate surface area is 83.4 Å². The van der Waals surface area contributed by atoms with Crippen molar-refractivity contribution in [2.45, 2.75) is 25.3 Å². The molecule has 2 rings (SSSR count). The lowest BCUT2D eigenvalue weighted by Gasteiger charge is -2.15. The molecule has 68 valence electrons. The van der Waals surface area contributed by atoms with Crippen LogP contribution in [0.2, 0.25) is 5.02 Å². The molecule has 0 aliphatic carbocycles. The van der Waals surface area contributed by atoms with Crippen molar-refractivity contribution >= 4 is 17.8 Å². The van der Waals surface area contributed by atoms with Crippen molar-refractivity contribution in [3.8, 4) is 0 Å². The Morgan fingerprint density at radius 2 is 2.31 bits per heavy atom. The molecule has 0 bridgehead atoms. The van der Waals surface area contributed by atoms with Gasteiger partial charge in [0.05, 0.1) is 6.04 Å². The summed E-state index contributed by atoms with van der Waals surface area (Å²) >= 11 is 5.91. The highest BCUT2D eigenvalue weighted by atomic mass is 35.5. The van der Waals surface area contributed by atoms with Crippen LogP contribution in [0.3, 0.4) is 0 Å². The number of aliphatic imine (C=N–C) groups is 1. The van der Waals surface area contributed by atoms with Gasteiger partial charge in [0, 0.05) is 5.02 Å². The first-order valence-corrected chi connectivity index (χ1v) is 5.01. The molecule has 13 heavy (non-hydrogen) atoms. The van der Waals surface area contributed by atoms with Gasteiger partial charge in [-0.3, -0.25) is 4.99 Å². The van der Waals surface area contributed by atoms with Crippen LogP contribution in [-0.2, 0) is 0 Å². The van der Waals surface area contributed by atoms with Gasteiger partial charge in [-0.2, -0.15) is 0 Å². The fraction of sp³-hybridized carbons (Fsp3) is 0.364. The fourth-order valence-electron chi connectivity index (χ4n) is 1.65. The van der Waals surface area contributed by atoms with Gasteiger partial charge in [0.1, 0.15) is 0 Å². The molecule has 1 aliphatic heterocycles. The summed E-state index contributed by atoms with van der Waals surface area (Å²) in [4.78, 5) is 4.46. The predicted octanol–water partition coefficient (Wildman–Crippen LogP) is 3.64. The van der Waals surface area contributed by atoms with Gasteiger partial charge in [0.15, 0.2) is 0 Å². The van der Waals surface area contributed by atoms with Crippen molar-refractivity contribution in [2.24, 2.45) is 4.99 Å². The van der Waals surface area contributed by atoms with Gasteiger partial charge in [-0.25, -0.2) is 0 Å². The van der Waals surface area contributed by atoms with Crippen LogP contribution in [-0.4, -0.2) is 6.21 Å². The Bertz CT molecular complexity index is 320. The average Bonchev–Trinajstić information content (AvgIpc) is 2.19. The van der Waals surface area contributed by atoms with Gasteiger partial charge >= 0.3 is 0 Å². The molecule has 1 unspecified atom stereocenters. The predicted molar refractivity (Wildman–Crippen MR) is 56.5 cm³/mol. The first-order valence-electron chi connectivity index (χ1n) is 4.63. The number of hydrogen-bond donors (Lipinski definition) is 0. The Morgan fingerprint density at radius 1 is 1.38 bits per heavy atom. The van der Waals surface area contributed by atoms with E-state index in [9.17, 15) is 0 Å². The molecule has 0 amide bonds. The summed E-state index contributed by atoms with van der Waals surface area (Å²) in [7, 11) is 0. The highest BCUT2D eigenvalue weighted by molar-refractivity contribution is 6.30. The molecule has 0 saturated heterocycles. The van der Waals surface area contributed by atoms with Crippen LogP contribution >= 0.6 is 11.6 Å². The largest absolute Gasteiger partial charge is 0.289 e. The van der Waals surface area contributed by atoms with Gasteiger partial charge < -0.3 is 0 Å². The molecule has 1 nitrogen and oxygen atoms in total. The Hall–Kier alpha value is -0.820. The molecule has 1 atom stereocenters. The first-order chi connectivity index (χ1) is 6.36. The summed E-state index contributed by atoms with van der Waals surface area (Å²) in [5.41, 5.74) is 1.24. The van der Waals surface area contributed by atoms with E-state index in [0.29, 0.717) is 6.04 Å². The minimum Gasteiger partial charge on any atom is -0.289 e. The second-order valence-corrected chi connectivity index (χ2v) is 3.77. The lowest BCUT2D eigenvalue weighted by molar-refractivity contribution is 0.604. The number of nitrogens with zero attached hydrogens (tertiary/aromatic N) is 1. The van der Waals surface area contributed by atoms with E-state index in [0.717, 1.165) is 17.9 Å². The van der Waals surface area contributed by atoms with E-state index in [-0.39, 0.29) is 0 Å². The minimum atomic E-state index is 0.340. The van der Waals surface area contributed by atoms with E-state index in [1.807, 2.05) is 24.4 Å². The highest BCUT2D eigenvalue weighted by Crippen LogP contribution is 2.27. The SMILES string of the molecule is Clc1cccc(C2CCCC=N2)c1. The second kappa shape index (κ2) is 3.93. The molecule has 0 N–H and O–H groups in total. The standard InChI is InChI=1S/C11H12ClN/c12-10-5-3-4-9(8-10)11-6-1-2-7-13-11/h3-5,7-8,11H,1-2,6H2. The zero-order valence-corrected chi connectivity index (χ0v) is 8.17. The van der Waals surface area contributed by atoms with Crippen molar-refractivity contribution in [1.82, 2.24) is 0 Å². The molecule has 1 aromatic rings. The average molecular weight is 194 g/mol. The molecule has 0 aromatic heterocycles. The quantitative estimate of drug-likeness (QED) is 0.646. The van der Waals surface area contributed by atoms with Crippen LogP contribution in [0.5, 0.6) is 0 Å². The summed E-state index contributed by atoms with van der Waals surface area (Å²) in [6.07, 6.45) is 5.53. The Kier molecular flexibility index (Phi) is 2.65. The normalized spacial score (nSPS) is 21.8. The van der Waals surface area contributed by atoms with E-state index in [1.165, 1.54) is 12.0 Å². The van der Waals surface area contributed by atoms with Gasteiger partial charge in [-0.05, 0) is 43.2 Å².